The predicted octanol–water partition coefficient (Wildman–Crippen LogP) is 1.96. The maximum absolute atomic E-state index is 9.30. The maximum Gasteiger partial charge on any atom is 0.0578 e. The Morgan fingerprint density at radius 1 is 1.42 bits per heavy atom. The third kappa shape index (κ3) is 3.11. The van der Waals surface area contributed by atoms with Crippen molar-refractivity contribution in [1.82, 2.24) is 0 Å². The van der Waals surface area contributed by atoms with Gasteiger partial charge >= 0.3 is 0 Å². The first-order chi connectivity index (χ1) is 5.70. The van der Waals surface area contributed by atoms with Crippen molar-refractivity contribution in [2.24, 2.45) is 5.92 Å². The Morgan fingerprint density at radius 3 is 2.67 bits per heavy atom. The third-order valence-corrected chi connectivity index (χ3v) is 2.73. The van der Waals surface area contributed by atoms with E-state index in [1.807, 2.05) is 6.92 Å². The summed E-state index contributed by atoms with van der Waals surface area (Å²) in [5.74, 6) is 0.369. The zero-order chi connectivity index (χ0) is 8.97. The summed E-state index contributed by atoms with van der Waals surface area (Å²) >= 11 is 0. The van der Waals surface area contributed by atoms with Crippen molar-refractivity contribution in [3.05, 3.63) is 0 Å². The van der Waals surface area contributed by atoms with Gasteiger partial charge in [-0.1, -0.05) is 6.92 Å². The molecular weight excluding hydrogens is 152 g/mol. The van der Waals surface area contributed by atoms with Crippen molar-refractivity contribution in [3.63, 3.8) is 0 Å². The summed E-state index contributed by atoms with van der Waals surface area (Å²) in [5, 5.41) is 9.30. The van der Waals surface area contributed by atoms with Gasteiger partial charge in [-0.25, -0.2) is 0 Å². The summed E-state index contributed by atoms with van der Waals surface area (Å²) in [7, 11) is 0. The van der Waals surface area contributed by atoms with Gasteiger partial charge < -0.3 is 9.84 Å². The number of aliphatic hydroxyl groups excluding tert-OH is 1. The minimum atomic E-state index is -0.199. The molecule has 0 saturated carbocycles. The molecule has 2 nitrogen and oxygen atoms in total. The van der Waals surface area contributed by atoms with Gasteiger partial charge in [0.1, 0.15) is 0 Å². The smallest absolute Gasteiger partial charge is 0.0578 e. The van der Waals surface area contributed by atoms with Crippen LogP contribution >= 0.6 is 0 Å². The average Bonchev–Trinajstić information content (AvgIpc) is 2.06. The highest BCUT2D eigenvalue weighted by Crippen LogP contribution is 2.21. The number of hydrogen-bond donors (Lipinski definition) is 1. The lowest BCUT2D eigenvalue weighted by molar-refractivity contribution is -0.0105. The van der Waals surface area contributed by atoms with E-state index >= 15 is 0 Å². The Kier molecular flexibility index (Phi) is 4.02. The summed E-state index contributed by atoms with van der Waals surface area (Å²) in [6, 6.07) is 0. The fraction of sp³-hybridized carbons (Fsp3) is 1.00. The molecule has 1 heterocycles. The summed E-state index contributed by atoms with van der Waals surface area (Å²) in [4.78, 5) is 0. The minimum Gasteiger partial charge on any atom is -0.393 e. The van der Waals surface area contributed by atoms with Crippen LogP contribution < -0.4 is 0 Å². The van der Waals surface area contributed by atoms with Crippen molar-refractivity contribution in [1.29, 1.82) is 0 Å². The van der Waals surface area contributed by atoms with E-state index in [1.54, 1.807) is 0 Å². The van der Waals surface area contributed by atoms with Gasteiger partial charge in [0, 0.05) is 6.61 Å². The van der Waals surface area contributed by atoms with E-state index in [2.05, 4.69) is 6.92 Å². The van der Waals surface area contributed by atoms with Gasteiger partial charge in [-0.05, 0) is 38.5 Å². The fourth-order valence-electron chi connectivity index (χ4n) is 1.60. The molecule has 1 aliphatic rings. The van der Waals surface area contributed by atoms with Crippen molar-refractivity contribution in [2.75, 3.05) is 6.61 Å². The molecule has 1 fully saturated rings. The molecule has 1 N–H and O–H groups in total. The van der Waals surface area contributed by atoms with E-state index < -0.39 is 0 Å². The van der Waals surface area contributed by atoms with E-state index in [9.17, 15) is 5.11 Å². The molecular formula is C10H20O2. The molecule has 1 saturated heterocycles. The lowest BCUT2D eigenvalue weighted by Gasteiger charge is -2.26. The van der Waals surface area contributed by atoms with Crippen LogP contribution in [0, 0.1) is 5.92 Å². The quantitative estimate of drug-likeness (QED) is 0.705. The molecule has 3 atom stereocenters. The van der Waals surface area contributed by atoms with Crippen molar-refractivity contribution in [2.45, 2.75) is 51.7 Å². The highest BCUT2D eigenvalue weighted by atomic mass is 16.5. The zero-order valence-electron chi connectivity index (χ0n) is 8.12. The minimum absolute atomic E-state index is 0.199. The second-order valence-corrected chi connectivity index (χ2v) is 3.94. The lowest BCUT2D eigenvalue weighted by Crippen LogP contribution is -2.25. The van der Waals surface area contributed by atoms with E-state index in [-0.39, 0.29) is 6.10 Å². The van der Waals surface area contributed by atoms with Gasteiger partial charge in [0.25, 0.3) is 0 Å². The second kappa shape index (κ2) is 4.83. The Bertz CT molecular complexity index is 117. The molecule has 0 aromatic heterocycles. The lowest BCUT2D eigenvalue weighted by atomic mass is 9.95. The van der Waals surface area contributed by atoms with E-state index in [0.29, 0.717) is 12.0 Å². The molecule has 0 radical (unpaired) electrons. The molecule has 0 aliphatic carbocycles. The van der Waals surface area contributed by atoms with Crippen LogP contribution in [0.1, 0.15) is 39.5 Å². The third-order valence-electron chi connectivity index (χ3n) is 2.73. The Balaban J connectivity index is 2.20. The predicted molar refractivity (Wildman–Crippen MR) is 49.1 cm³/mol. The number of ether oxygens (including phenoxy) is 1. The van der Waals surface area contributed by atoms with Crippen LogP contribution in [0.4, 0.5) is 0 Å². The van der Waals surface area contributed by atoms with E-state index in [1.165, 1.54) is 19.3 Å². The van der Waals surface area contributed by atoms with E-state index in [4.69, 9.17) is 4.74 Å². The van der Waals surface area contributed by atoms with Crippen LogP contribution in [-0.4, -0.2) is 23.9 Å². The first-order valence-corrected chi connectivity index (χ1v) is 5.00. The van der Waals surface area contributed by atoms with E-state index in [0.717, 1.165) is 13.0 Å². The standard InChI is InChI=1S/C10H20O2/c1-8(9(2)11)7-10-5-3-4-6-12-10/h8-11H,3-7H2,1-2H3. The first kappa shape index (κ1) is 10.0. The maximum atomic E-state index is 9.30. The molecule has 1 rings (SSSR count). The highest BCUT2D eigenvalue weighted by Gasteiger charge is 2.19. The Hall–Kier alpha value is -0.0800. The zero-order valence-corrected chi connectivity index (χ0v) is 8.12. The average molecular weight is 172 g/mol. The molecule has 3 unspecified atom stereocenters. The normalized spacial score (nSPS) is 29.8. The second-order valence-electron chi connectivity index (χ2n) is 3.94. The molecule has 0 aromatic rings. The molecule has 0 amide bonds. The van der Waals surface area contributed by atoms with Gasteiger partial charge in [0.15, 0.2) is 0 Å². The SMILES string of the molecule is CC(O)C(C)CC1CCCCO1. The monoisotopic (exact) mass is 172 g/mol. The largest absolute Gasteiger partial charge is 0.393 e. The van der Waals surface area contributed by atoms with Crippen LogP contribution in [0.5, 0.6) is 0 Å². The molecule has 0 bridgehead atoms. The van der Waals surface area contributed by atoms with Crippen molar-refractivity contribution >= 4 is 0 Å². The number of hydrogen-bond acceptors (Lipinski definition) is 2. The Morgan fingerprint density at radius 2 is 2.17 bits per heavy atom. The Labute approximate surface area is 74.9 Å². The number of aliphatic hydroxyl groups is 1. The summed E-state index contributed by atoms with van der Waals surface area (Å²) < 4.78 is 5.59. The summed E-state index contributed by atoms with van der Waals surface area (Å²) in [5.41, 5.74) is 0. The first-order valence-electron chi connectivity index (χ1n) is 5.00. The van der Waals surface area contributed by atoms with Gasteiger partial charge in [-0.2, -0.15) is 0 Å². The molecule has 12 heavy (non-hydrogen) atoms. The number of rotatable bonds is 3. The highest BCUT2D eigenvalue weighted by molar-refractivity contribution is 4.69. The van der Waals surface area contributed by atoms with Crippen molar-refractivity contribution in [3.8, 4) is 0 Å². The molecule has 2 heteroatoms. The molecule has 0 spiro atoms. The molecule has 0 aromatic carbocycles. The van der Waals surface area contributed by atoms with Gasteiger partial charge in [0.2, 0.25) is 0 Å². The van der Waals surface area contributed by atoms with Crippen molar-refractivity contribution < 1.29 is 9.84 Å². The fourth-order valence-corrected chi connectivity index (χ4v) is 1.60. The van der Waals surface area contributed by atoms with Crippen LogP contribution in [0.25, 0.3) is 0 Å². The molecule has 1 aliphatic heterocycles. The van der Waals surface area contributed by atoms with Gasteiger partial charge in [-0.3, -0.25) is 0 Å². The van der Waals surface area contributed by atoms with Crippen LogP contribution in [-0.2, 0) is 4.74 Å². The van der Waals surface area contributed by atoms with Crippen LogP contribution in [0.15, 0.2) is 0 Å². The van der Waals surface area contributed by atoms with Gasteiger partial charge in [0.05, 0.1) is 12.2 Å². The summed E-state index contributed by atoms with van der Waals surface area (Å²) in [6.45, 7) is 4.85. The summed E-state index contributed by atoms with van der Waals surface area (Å²) in [6.07, 6.45) is 4.89. The topological polar surface area (TPSA) is 29.5 Å². The van der Waals surface area contributed by atoms with Gasteiger partial charge in [-0.15, -0.1) is 0 Å². The molecule has 72 valence electrons. The van der Waals surface area contributed by atoms with Crippen LogP contribution in [0.2, 0.25) is 0 Å². The van der Waals surface area contributed by atoms with Crippen LogP contribution in [0.3, 0.4) is 0 Å².